The van der Waals surface area contributed by atoms with Gasteiger partial charge in [-0.3, -0.25) is 24.8 Å². The Hall–Kier alpha value is -5.94. The van der Waals surface area contributed by atoms with Crippen LogP contribution in [0.15, 0.2) is 97.5 Å². The zero-order valence-electron chi connectivity index (χ0n) is 26.6. The van der Waals surface area contributed by atoms with Crippen molar-refractivity contribution in [3.05, 3.63) is 109 Å². The molecule has 0 bridgehead atoms. The molecule has 7 aromatic rings. The van der Waals surface area contributed by atoms with Gasteiger partial charge in [0.2, 0.25) is 5.91 Å². The largest absolute Gasteiger partial charge is 0.492 e. The van der Waals surface area contributed by atoms with Gasteiger partial charge in [0.15, 0.2) is 5.82 Å². The minimum Gasteiger partial charge on any atom is -0.492 e. The molecule has 8 rings (SSSR count). The third-order valence-corrected chi connectivity index (χ3v) is 8.77. The number of rotatable bonds is 10. The Morgan fingerprint density at radius 2 is 1.78 bits per heavy atom. The molecule has 1 aliphatic heterocycles. The summed E-state index contributed by atoms with van der Waals surface area (Å²) in [5, 5.41) is 11.5. The molecule has 10 nitrogen and oxygen atoms in total. The van der Waals surface area contributed by atoms with Gasteiger partial charge in [-0.15, -0.1) is 0 Å². The van der Waals surface area contributed by atoms with Crippen molar-refractivity contribution in [2.75, 3.05) is 31.6 Å². The Morgan fingerprint density at radius 1 is 0.898 bits per heavy atom. The average Bonchev–Trinajstić information content (AvgIpc) is 3.88. The highest BCUT2D eigenvalue weighted by atomic mass is 19.1. The molecule has 1 aliphatic rings. The topological polar surface area (TPSA) is 125 Å². The lowest BCUT2D eigenvalue weighted by Crippen LogP contribution is -2.25. The second kappa shape index (κ2) is 13.3. The molecule has 0 atom stereocenters. The van der Waals surface area contributed by atoms with E-state index >= 15 is 0 Å². The number of hydrogen-bond acceptors (Lipinski definition) is 7. The lowest BCUT2D eigenvalue weighted by molar-refractivity contribution is -0.115. The highest BCUT2D eigenvalue weighted by molar-refractivity contribution is 5.98. The van der Waals surface area contributed by atoms with Gasteiger partial charge in [-0.2, -0.15) is 5.10 Å². The number of anilines is 1. The molecule has 3 N–H and O–H groups in total. The number of hydrogen-bond donors (Lipinski definition) is 3. The minimum atomic E-state index is -0.400. The lowest BCUT2D eigenvalue weighted by atomic mass is 10.0. The second-order valence-electron chi connectivity index (χ2n) is 12.2. The number of fused-ring (bicyclic) bond motifs is 2. The molecule has 0 aliphatic carbocycles. The van der Waals surface area contributed by atoms with Gasteiger partial charge in [-0.25, -0.2) is 9.37 Å². The predicted octanol–water partition coefficient (Wildman–Crippen LogP) is 7.03. The first-order chi connectivity index (χ1) is 24.1. The second-order valence-corrected chi connectivity index (χ2v) is 12.2. The SMILES string of the molecule is O=C(Cc1ccccc1)Nc1cncc(-c2ccc3[nH]nc(-c4nc5c(-c6cc(F)cc(OCCN7CCCC7)c6)nccc5[nH]4)c3c2)c1. The van der Waals surface area contributed by atoms with Crippen LogP contribution in [0.3, 0.4) is 0 Å². The highest BCUT2D eigenvalue weighted by Gasteiger charge is 2.18. The van der Waals surface area contributed by atoms with Gasteiger partial charge in [0.1, 0.15) is 29.4 Å². The number of ether oxygens (including phenoxy) is 1. The number of nitrogens with zero attached hydrogens (tertiary/aromatic N) is 5. The third kappa shape index (κ3) is 6.61. The maximum Gasteiger partial charge on any atom is 0.228 e. The zero-order valence-corrected chi connectivity index (χ0v) is 26.6. The molecule has 49 heavy (non-hydrogen) atoms. The van der Waals surface area contributed by atoms with Crippen molar-refractivity contribution in [1.82, 2.24) is 35.0 Å². The molecular weight excluding hydrogens is 619 g/mol. The van der Waals surface area contributed by atoms with Crippen LogP contribution in [0.2, 0.25) is 0 Å². The first-order valence-corrected chi connectivity index (χ1v) is 16.3. The molecule has 1 saturated heterocycles. The number of carbonyl (C=O) groups excluding carboxylic acids is 1. The monoisotopic (exact) mass is 652 g/mol. The van der Waals surface area contributed by atoms with Crippen LogP contribution in [0.25, 0.3) is 55.8 Å². The number of halogens is 1. The maximum atomic E-state index is 14.8. The van der Waals surface area contributed by atoms with Gasteiger partial charge in [0.25, 0.3) is 0 Å². The lowest BCUT2D eigenvalue weighted by Gasteiger charge is -2.15. The van der Waals surface area contributed by atoms with Crippen LogP contribution in [0.4, 0.5) is 10.1 Å². The minimum absolute atomic E-state index is 0.115. The maximum absolute atomic E-state index is 14.8. The van der Waals surface area contributed by atoms with Gasteiger partial charge < -0.3 is 15.0 Å². The number of H-pyrrole nitrogens is 2. The molecule has 3 aromatic carbocycles. The summed E-state index contributed by atoms with van der Waals surface area (Å²) in [5.41, 5.74) is 7.22. The van der Waals surface area contributed by atoms with E-state index in [0.29, 0.717) is 46.3 Å². The number of pyridine rings is 2. The summed E-state index contributed by atoms with van der Waals surface area (Å²) >= 11 is 0. The summed E-state index contributed by atoms with van der Waals surface area (Å²) < 4.78 is 20.8. The molecule has 1 amide bonds. The van der Waals surface area contributed by atoms with Gasteiger partial charge in [0.05, 0.1) is 35.0 Å². The van der Waals surface area contributed by atoms with Crippen molar-refractivity contribution in [3.63, 3.8) is 0 Å². The number of nitrogens with one attached hydrogen (secondary N) is 3. The van der Waals surface area contributed by atoms with Crippen LogP contribution in [-0.2, 0) is 11.2 Å². The summed E-state index contributed by atoms with van der Waals surface area (Å²) in [7, 11) is 0. The fourth-order valence-electron chi connectivity index (χ4n) is 6.37. The summed E-state index contributed by atoms with van der Waals surface area (Å²) in [5.74, 6) is 0.495. The van der Waals surface area contributed by atoms with Crippen molar-refractivity contribution in [2.45, 2.75) is 19.3 Å². The van der Waals surface area contributed by atoms with Crippen LogP contribution in [0.5, 0.6) is 5.75 Å². The molecule has 0 unspecified atom stereocenters. The van der Waals surface area contributed by atoms with E-state index in [4.69, 9.17) is 9.72 Å². The number of imidazole rings is 1. The van der Waals surface area contributed by atoms with E-state index in [1.165, 1.54) is 25.0 Å². The first-order valence-electron chi connectivity index (χ1n) is 16.3. The molecule has 1 fully saturated rings. The number of carbonyl (C=O) groups is 1. The van der Waals surface area contributed by atoms with E-state index in [2.05, 4.69) is 35.4 Å². The highest BCUT2D eigenvalue weighted by Crippen LogP contribution is 2.34. The van der Waals surface area contributed by atoms with Crippen molar-refractivity contribution < 1.29 is 13.9 Å². The summed E-state index contributed by atoms with van der Waals surface area (Å²) in [6, 6.07) is 24.0. The Bertz CT molecular complexity index is 2280. The predicted molar refractivity (Wildman–Crippen MR) is 188 cm³/mol. The Morgan fingerprint density at radius 3 is 2.65 bits per heavy atom. The molecule has 4 aromatic heterocycles. The first kappa shape index (κ1) is 30.4. The molecular formula is C38H33FN8O2. The number of aromatic amines is 2. The fraction of sp³-hybridized carbons (Fsp3) is 0.184. The number of benzene rings is 3. The molecule has 0 saturated carbocycles. The van der Waals surface area contributed by atoms with E-state index in [-0.39, 0.29) is 12.3 Å². The van der Waals surface area contributed by atoms with Crippen molar-refractivity contribution >= 4 is 33.5 Å². The summed E-state index contributed by atoms with van der Waals surface area (Å²) in [6.45, 7) is 3.47. The fourth-order valence-corrected chi connectivity index (χ4v) is 6.37. The quantitative estimate of drug-likeness (QED) is 0.145. The van der Waals surface area contributed by atoms with Crippen LogP contribution >= 0.6 is 0 Å². The van der Waals surface area contributed by atoms with E-state index in [0.717, 1.165) is 52.7 Å². The normalized spacial score (nSPS) is 13.3. The molecule has 5 heterocycles. The van der Waals surface area contributed by atoms with Gasteiger partial charge in [0, 0.05) is 41.5 Å². The van der Waals surface area contributed by atoms with Crippen molar-refractivity contribution in [2.24, 2.45) is 0 Å². The van der Waals surface area contributed by atoms with Gasteiger partial charge in [-0.1, -0.05) is 36.4 Å². The average molecular weight is 653 g/mol. The van der Waals surface area contributed by atoms with Crippen molar-refractivity contribution in [1.29, 1.82) is 0 Å². The molecule has 11 heteroatoms. The van der Waals surface area contributed by atoms with Crippen molar-refractivity contribution in [3.8, 4) is 39.7 Å². The van der Waals surface area contributed by atoms with Crippen LogP contribution < -0.4 is 10.1 Å². The summed E-state index contributed by atoms with van der Waals surface area (Å²) in [6.07, 6.45) is 7.77. The number of likely N-dealkylation sites (tertiary alicyclic amines) is 1. The van der Waals surface area contributed by atoms with Crippen LogP contribution in [0.1, 0.15) is 18.4 Å². The standard InChI is InChI=1S/C38H33FN8O2/c39-28-17-26(19-30(21-28)49-15-14-47-12-4-5-13-47)35-37-33(10-11-41-35)43-38(44-37)36-31-20-25(8-9-32(31)45-46-36)27-18-29(23-40-22-27)42-34(48)16-24-6-2-1-3-7-24/h1-3,6-11,17-23H,4-5,12-16H2,(H,42,48)(H,43,44)(H,45,46). The van der Waals surface area contributed by atoms with E-state index in [1.807, 2.05) is 66.7 Å². The molecule has 0 spiro atoms. The van der Waals surface area contributed by atoms with E-state index < -0.39 is 5.82 Å². The van der Waals surface area contributed by atoms with Crippen LogP contribution in [0, 0.1) is 5.82 Å². The van der Waals surface area contributed by atoms with E-state index in [9.17, 15) is 9.18 Å². The summed E-state index contributed by atoms with van der Waals surface area (Å²) in [4.78, 5) is 32.3. The number of aromatic nitrogens is 6. The zero-order chi connectivity index (χ0) is 33.2. The van der Waals surface area contributed by atoms with E-state index in [1.54, 1.807) is 18.6 Å². The Labute approximate surface area is 281 Å². The van der Waals surface area contributed by atoms with Gasteiger partial charge in [-0.05, 0) is 73.5 Å². The smallest absolute Gasteiger partial charge is 0.228 e. The molecule has 0 radical (unpaired) electrons. The Kier molecular flexibility index (Phi) is 8.24. The number of amides is 1. The Balaban J connectivity index is 1.06. The molecule has 244 valence electrons. The van der Waals surface area contributed by atoms with Crippen LogP contribution in [-0.4, -0.2) is 67.2 Å². The third-order valence-electron chi connectivity index (χ3n) is 8.77. The van der Waals surface area contributed by atoms with Gasteiger partial charge >= 0.3 is 0 Å².